The molecular formula is C14H11F3N4O2. The zero-order valence-corrected chi connectivity index (χ0v) is 11.6. The summed E-state index contributed by atoms with van der Waals surface area (Å²) in [6, 6.07) is 4.40. The first kappa shape index (κ1) is 15.1. The molecule has 0 spiro atoms. The van der Waals surface area contributed by atoms with Crippen LogP contribution in [-0.4, -0.2) is 40.1 Å². The van der Waals surface area contributed by atoms with Gasteiger partial charge in [0.25, 0.3) is 5.91 Å². The van der Waals surface area contributed by atoms with Crippen molar-refractivity contribution in [3.05, 3.63) is 41.6 Å². The quantitative estimate of drug-likeness (QED) is 0.881. The Morgan fingerprint density at radius 2 is 1.91 bits per heavy atom. The molecule has 6 nitrogen and oxygen atoms in total. The lowest BCUT2D eigenvalue weighted by molar-refractivity contribution is -0.137. The van der Waals surface area contributed by atoms with Crippen molar-refractivity contribution in [1.82, 2.24) is 20.4 Å². The molecule has 2 aromatic rings. The molecule has 1 saturated heterocycles. The SMILES string of the molecule is O=C1CN(C(=O)c2cn[nH]c2-c2ccc(C(F)(F)F)cc2)CN1. The lowest BCUT2D eigenvalue weighted by atomic mass is 10.1. The predicted octanol–water partition coefficient (Wildman–Crippen LogP) is 1.62. The number of nitrogens with zero attached hydrogens (tertiary/aromatic N) is 2. The van der Waals surface area contributed by atoms with Gasteiger partial charge in [-0.05, 0) is 12.1 Å². The highest BCUT2D eigenvalue weighted by molar-refractivity contribution is 6.02. The maximum atomic E-state index is 12.6. The molecule has 1 aromatic heterocycles. The minimum Gasteiger partial charge on any atom is -0.337 e. The van der Waals surface area contributed by atoms with E-state index in [2.05, 4.69) is 15.5 Å². The van der Waals surface area contributed by atoms with E-state index in [0.29, 0.717) is 11.3 Å². The number of carbonyl (C=O) groups is 2. The average Bonchev–Trinajstić information content (AvgIpc) is 3.14. The monoisotopic (exact) mass is 324 g/mol. The van der Waals surface area contributed by atoms with E-state index in [0.717, 1.165) is 12.1 Å². The molecule has 1 aliphatic heterocycles. The molecule has 1 aliphatic rings. The summed E-state index contributed by atoms with van der Waals surface area (Å²) in [5.74, 6) is -0.690. The van der Waals surface area contributed by atoms with Gasteiger partial charge in [0.1, 0.15) is 6.54 Å². The normalized spacial score (nSPS) is 14.9. The average molecular weight is 324 g/mol. The fraction of sp³-hybridized carbons (Fsp3) is 0.214. The number of alkyl halides is 3. The van der Waals surface area contributed by atoms with E-state index in [9.17, 15) is 22.8 Å². The number of benzene rings is 1. The van der Waals surface area contributed by atoms with Crippen LogP contribution in [-0.2, 0) is 11.0 Å². The summed E-state index contributed by atoms with van der Waals surface area (Å²) < 4.78 is 37.8. The highest BCUT2D eigenvalue weighted by Crippen LogP contribution is 2.31. The van der Waals surface area contributed by atoms with Crippen molar-refractivity contribution in [2.45, 2.75) is 6.18 Å². The van der Waals surface area contributed by atoms with Crippen LogP contribution in [0.5, 0.6) is 0 Å². The van der Waals surface area contributed by atoms with Gasteiger partial charge in [0.2, 0.25) is 5.91 Å². The van der Waals surface area contributed by atoms with Crippen molar-refractivity contribution in [1.29, 1.82) is 0 Å². The van der Waals surface area contributed by atoms with Gasteiger partial charge >= 0.3 is 6.18 Å². The third-order valence-electron chi connectivity index (χ3n) is 3.46. The maximum absolute atomic E-state index is 12.6. The highest BCUT2D eigenvalue weighted by atomic mass is 19.4. The molecule has 2 N–H and O–H groups in total. The van der Waals surface area contributed by atoms with Crippen molar-refractivity contribution in [2.24, 2.45) is 0 Å². The van der Waals surface area contributed by atoms with Gasteiger partial charge in [0.05, 0.1) is 29.7 Å². The van der Waals surface area contributed by atoms with Crippen LogP contribution in [0.1, 0.15) is 15.9 Å². The van der Waals surface area contributed by atoms with Gasteiger partial charge in [0, 0.05) is 5.56 Å². The van der Waals surface area contributed by atoms with E-state index >= 15 is 0 Å². The molecule has 0 radical (unpaired) electrons. The van der Waals surface area contributed by atoms with Crippen LogP contribution in [0, 0.1) is 0 Å². The number of aromatic amines is 1. The summed E-state index contributed by atoms with van der Waals surface area (Å²) in [6.45, 7) is 0.0335. The number of hydrogen-bond acceptors (Lipinski definition) is 3. The Kier molecular flexibility index (Phi) is 3.55. The molecule has 2 amide bonds. The van der Waals surface area contributed by atoms with Crippen molar-refractivity contribution in [3.8, 4) is 11.3 Å². The molecule has 0 aliphatic carbocycles. The van der Waals surface area contributed by atoms with Crippen LogP contribution in [0.4, 0.5) is 13.2 Å². The Labute approximate surface area is 128 Å². The Bertz CT molecular complexity index is 752. The molecule has 0 unspecified atom stereocenters. The second-order valence-corrected chi connectivity index (χ2v) is 4.99. The molecule has 1 fully saturated rings. The highest BCUT2D eigenvalue weighted by Gasteiger charge is 2.31. The zero-order valence-electron chi connectivity index (χ0n) is 11.6. The molecule has 9 heteroatoms. The number of nitrogens with one attached hydrogen (secondary N) is 2. The van der Waals surface area contributed by atoms with E-state index in [4.69, 9.17) is 0 Å². The van der Waals surface area contributed by atoms with Gasteiger partial charge in [-0.25, -0.2) is 0 Å². The molecule has 1 aromatic carbocycles. The summed E-state index contributed by atoms with van der Waals surface area (Å²) in [5.41, 5.74) is 0.129. The fourth-order valence-corrected chi connectivity index (χ4v) is 2.28. The number of rotatable bonds is 2. The van der Waals surface area contributed by atoms with Gasteiger partial charge < -0.3 is 10.2 Å². The minimum absolute atomic E-state index is 0.0591. The van der Waals surface area contributed by atoms with Crippen molar-refractivity contribution in [2.75, 3.05) is 13.2 Å². The van der Waals surface area contributed by atoms with E-state index in [1.165, 1.54) is 23.2 Å². The minimum atomic E-state index is -4.42. The van der Waals surface area contributed by atoms with Crippen LogP contribution >= 0.6 is 0 Å². The first-order valence-electron chi connectivity index (χ1n) is 6.63. The summed E-state index contributed by atoms with van der Waals surface area (Å²) in [5, 5.41) is 8.90. The largest absolute Gasteiger partial charge is 0.416 e. The van der Waals surface area contributed by atoms with Crippen molar-refractivity contribution in [3.63, 3.8) is 0 Å². The Hall–Kier alpha value is -2.84. The summed E-state index contributed by atoms with van der Waals surface area (Å²) in [6.07, 6.45) is -3.13. The van der Waals surface area contributed by atoms with Crippen molar-refractivity contribution >= 4 is 11.8 Å². The van der Waals surface area contributed by atoms with Crippen LogP contribution in [0.3, 0.4) is 0 Å². The van der Waals surface area contributed by atoms with Crippen LogP contribution in [0.15, 0.2) is 30.5 Å². The Balaban J connectivity index is 1.89. The van der Waals surface area contributed by atoms with Crippen LogP contribution < -0.4 is 5.32 Å². The first-order chi connectivity index (χ1) is 10.9. The van der Waals surface area contributed by atoms with E-state index in [-0.39, 0.29) is 24.7 Å². The smallest absolute Gasteiger partial charge is 0.337 e. The standard InChI is InChI=1S/C14H11F3N4O2/c15-14(16,17)9-3-1-8(2-4-9)12-10(5-19-20-12)13(23)21-6-11(22)18-7-21/h1-5H,6-7H2,(H,18,22)(H,19,20). The third-order valence-corrected chi connectivity index (χ3v) is 3.46. The summed E-state index contributed by atoms with van der Waals surface area (Å²) >= 11 is 0. The molecule has 3 rings (SSSR count). The van der Waals surface area contributed by atoms with E-state index < -0.39 is 17.6 Å². The second-order valence-electron chi connectivity index (χ2n) is 4.99. The first-order valence-corrected chi connectivity index (χ1v) is 6.63. The second kappa shape index (κ2) is 5.41. The lowest BCUT2D eigenvalue weighted by Crippen LogP contribution is -2.29. The van der Waals surface area contributed by atoms with E-state index in [1.807, 2.05) is 0 Å². The van der Waals surface area contributed by atoms with E-state index in [1.54, 1.807) is 0 Å². The van der Waals surface area contributed by atoms with Gasteiger partial charge in [-0.2, -0.15) is 18.3 Å². The van der Waals surface area contributed by atoms with Gasteiger partial charge in [-0.3, -0.25) is 14.7 Å². The lowest BCUT2D eigenvalue weighted by Gasteiger charge is -2.13. The Morgan fingerprint density at radius 3 is 2.48 bits per heavy atom. The zero-order chi connectivity index (χ0) is 16.6. The number of amides is 2. The van der Waals surface area contributed by atoms with Gasteiger partial charge in [-0.15, -0.1) is 0 Å². The van der Waals surface area contributed by atoms with Crippen molar-refractivity contribution < 1.29 is 22.8 Å². The number of aromatic nitrogens is 2. The molecule has 0 saturated carbocycles. The van der Waals surface area contributed by atoms with Gasteiger partial charge in [-0.1, -0.05) is 12.1 Å². The molecule has 0 bridgehead atoms. The molecule has 2 heterocycles. The predicted molar refractivity (Wildman–Crippen MR) is 73.1 cm³/mol. The third kappa shape index (κ3) is 2.89. The Morgan fingerprint density at radius 1 is 1.22 bits per heavy atom. The number of hydrogen-bond donors (Lipinski definition) is 2. The molecule has 23 heavy (non-hydrogen) atoms. The number of H-pyrrole nitrogens is 1. The van der Waals surface area contributed by atoms with Crippen LogP contribution in [0.2, 0.25) is 0 Å². The molecular weight excluding hydrogens is 313 g/mol. The number of halogens is 3. The fourth-order valence-electron chi connectivity index (χ4n) is 2.28. The summed E-state index contributed by atoms with van der Waals surface area (Å²) in [7, 11) is 0. The molecule has 0 atom stereocenters. The van der Waals surface area contributed by atoms with Crippen LogP contribution in [0.25, 0.3) is 11.3 Å². The number of carbonyl (C=O) groups excluding carboxylic acids is 2. The van der Waals surface area contributed by atoms with Gasteiger partial charge in [0.15, 0.2) is 0 Å². The molecule has 120 valence electrons. The summed E-state index contributed by atoms with van der Waals surface area (Å²) in [4.78, 5) is 24.8. The maximum Gasteiger partial charge on any atom is 0.416 e. The topological polar surface area (TPSA) is 78.1 Å².